The van der Waals surface area contributed by atoms with Crippen LogP contribution < -0.4 is 5.32 Å². The van der Waals surface area contributed by atoms with Crippen LogP contribution in [0.5, 0.6) is 0 Å². The fourth-order valence-corrected chi connectivity index (χ4v) is 3.38. The van der Waals surface area contributed by atoms with Crippen LogP contribution in [0.3, 0.4) is 0 Å². The number of imidazole rings is 1. The molecule has 0 aliphatic carbocycles. The zero-order valence-corrected chi connectivity index (χ0v) is 16.6. The molecule has 30 heavy (non-hydrogen) atoms. The first kappa shape index (κ1) is 19.6. The van der Waals surface area contributed by atoms with Gasteiger partial charge in [-0.05, 0) is 30.2 Å². The summed E-state index contributed by atoms with van der Waals surface area (Å²) in [6, 6.07) is 11.3. The molecule has 1 aromatic carbocycles. The van der Waals surface area contributed by atoms with Gasteiger partial charge in [-0.3, -0.25) is 19.1 Å². The number of likely N-dealkylation sites (N-methyl/N-ethyl adjacent to an activating group) is 1. The molecule has 3 aromatic rings. The number of amides is 4. The van der Waals surface area contributed by atoms with Gasteiger partial charge >= 0.3 is 6.03 Å². The first-order chi connectivity index (χ1) is 14.5. The van der Waals surface area contributed by atoms with E-state index < -0.39 is 0 Å². The lowest BCUT2D eigenvalue weighted by molar-refractivity contribution is -0.126. The monoisotopic (exact) mass is 406 g/mol. The smallest absolute Gasteiger partial charge is 0.326 e. The van der Waals surface area contributed by atoms with E-state index in [1.54, 1.807) is 19.6 Å². The van der Waals surface area contributed by atoms with Gasteiger partial charge < -0.3 is 10.2 Å². The Labute approximate surface area is 173 Å². The maximum absolute atomic E-state index is 12.1. The molecule has 0 radical (unpaired) electrons. The van der Waals surface area contributed by atoms with Crippen molar-refractivity contribution in [2.45, 2.75) is 19.4 Å². The Hall–Kier alpha value is -3.75. The molecule has 9 nitrogen and oxygen atoms in total. The molecule has 1 N–H and O–H groups in total. The van der Waals surface area contributed by atoms with Gasteiger partial charge in [0.1, 0.15) is 18.7 Å². The molecule has 3 heterocycles. The molecule has 1 aliphatic heterocycles. The summed E-state index contributed by atoms with van der Waals surface area (Å²) < 4.78 is 1.91. The molecule has 0 saturated carbocycles. The molecule has 0 unspecified atom stereocenters. The summed E-state index contributed by atoms with van der Waals surface area (Å²) in [6.45, 7) is 0.717. The number of para-hydroxylation sites is 2. The van der Waals surface area contributed by atoms with Crippen LogP contribution in [0.15, 0.2) is 48.9 Å². The van der Waals surface area contributed by atoms with E-state index in [0.717, 1.165) is 22.4 Å². The Kier molecular flexibility index (Phi) is 5.42. The second-order valence-corrected chi connectivity index (χ2v) is 7.19. The fourth-order valence-electron chi connectivity index (χ4n) is 3.38. The number of pyridine rings is 1. The molecule has 0 atom stereocenters. The van der Waals surface area contributed by atoms with Crippen molar-refractivity contribution >= 4 is 28.9 Å². The van der Waals surface area contributed by atoms with Crippen molar-refractivity contribution in [1.29, 1.82) is 0 Å². The minimum absolute atomic E-state index is 0.100. The third-order valence-corrected chi connectivity index (χ3v) is 5.02. The van der Waals surface area contributed by atoms with E-state index in [-0.39, 0.29) is 37.4 Å². The standard InChI is InChI=1S/C21H22N6O3/c1-25-13-20(29)26(21(25)30)10-4-7-19(28)23-12-15-8-9-18(22-11-15)27-14-24-16-5-2-3-6-17(16)27/h2-3,5-6,8-9,11,14H,4,7,10,12-13H2,1H3,(H,23,28). The van der Waals surface area contributed by atoms with E-state index in [4.69, 9.17) is 0 Å². The molecule has 0 spiro atoms. The van der Waals surface area contributed by atoms with Crippen molar-refractivity contribution in [3.63, 3.8) is 0 Å². The first-order valence-corrected chi connectivity index (χ1v) is 9.72. The highest BCUT2D eigenvalue weighted by Crippen LogP contribution is 2.16. The van der Waals surface area contributed by atoms with Gasteiger partial charge in [0.05, 0.1) is 11.0 Å². The van der Waals surface area contributed by atoms with Crippen LogP contribution in [0, 0.1) is 0 Å². The molecule has 1 saturated heterocycles. The number of nitrogens with one attached hydrogen (secondary N) is 1. The van der Waals surface area contributed by atoms with Gasteiger partial charge in [-0.15, -0.1) is 0 Å². The van der Waals surface area contributed by atoms with E-state index >= 15 is 0 Å². The maximum Gasteiger partial charge on any atom is 0.326 e. The quantitative estimate of drug-likeness (QED) is 0.602. The van der Waals surface area contributed by atoms with Gasteiger partial charge in [0.2, 0.25) is 11.8 Å². The van der Waals surface area contributed by atoms with Gasteiger partial charge in [-0.25, -0.2) is 14.8 Å². The van der Waals surface area contributed by atoms with Crippen LogP contribution in [0.25, 0.3) is 16.9 Å². The largest absolute Gasteiger partial charge is 0.352 e. The molecule has 4 rings (SSSR count). The number of rotatable bonds is 7. The number of nitrogens with zero attached hydrogens (tertiary/aromatic N) is 5. The SMILES string of the molecule is CN1CC(=O)N(CCCC(=O)NCc2ccc(-n3cnc4ccccc43)nc2)C1=O. The number of fused-ring (bicyclic) bond motifs is 1. The number of carbonyl (C=O) groups is 3. The summed E-state index contributed by atoms with van der Waals surface area (Å²) in [5, 5.41) is 2.84. The lowest BCUT2D eigenvalue weighted by Crippen LogP contribution is -2.33. The summed E-state index contributed by atoms with van der Waals surface area (Å²) in [5.41, 5.74) is 2.76. The van der Waals surface area contributed by atoms with Crippen molar-refractivity contribution in [2.75, 3.05) is 20.1 Å². The van der Waals surface area contributed by atoms with Gasteiger partial charge in [-0.2, -0.15) is 0 Å². The number of hydrogen-bond donors (Lipinski definition) is 1. The van der Waals surface area contributed by atoms with Crippen molar-refractivity contribution in [3.8, 4) is 5.82 Å². The van der Waals surface area contributed by atoms with Crippen LogP contribution in [0.2, 0.25) is 0 Å². The molecule has 0 bridgehead atoms. The third kappa shape index (κ3) is 4.00. The van der Waals surface area contributed by atoms with Gasteiger partial charge in [0.25, 0.3) is 0 Å². The Bertz CT molecular complexity index is 1090. The number of urea groups is 1. The topological polar surface area (TPSA) is 100 Å². The molecule has 154 valence electrons. The number of aromatic nitrogens is 3. The van der Waals surface area contributed by atoms with E-state index in [0.29, 0.717) is 13.0 Å². The Morgan fingerprint density at radius 3 is 2.70 bits per heavy atom. The van der Waals surface area contributed by atoms with Crippen LogP contribution in [-0.2, 0) is 16.1 Å². The number of benzene rings is 1. The molecule has 2 aromatic heterocycles. The molecule has 1 fully saturated rings. The molecular weight excluding hydrogens is 384 g/mol. The van der Waals surface area contributed by atoms with Crippen LogP contribution in [0.4, 0.5) is 4.79 Å². The summed E-state index contributed by atoms with van der Waals surface area (Å²) in [6.07, 6.45) is 4.14. The van der Waals surface area contributed by atoms with Crippen LogP contribution in [0.1, 0.15) is 18.4 Å². The minimum atomic E-state index is -0.308. The lowest BCUT2D eigenvalue weighted by Gasteiger charge is -2.13. The molecule has 4 amide bonds. The highest BCUT2D eigenvalue weighted by molar-refractivity contribution is 6.01. The molecule has 1 aliphatic rings. The second kappa shape index (κ2) is 8.32. The molecular formula is C21H22N6O3. The van der Waals surface area contributed by atoms with Crippen LogP contribution in [-0.4, -0.2) is 62.3 Å². The lowest BCUT2D eigenvalue weighted by atomic mass is 10.2. The summed E-state index contributed by atoms with van der Waals surface area (Å²) in [5.74, 6) is 0.399. The van der Waals surface area contributed by atoms with Crippen LogP contribution >= 0.6 is 0 Å². The highest BCUT2D eigenvalue weighted by atomic mass is 16.2. The van der Waals surface area contributed by atoms with Gasteiger partial charge in [0.15, 0.2) is 0 Å². The second-order valence-electron chi connectivity index (χ2n) is 7.19. The Morgan fingerprint density at radius 2 is 1.97 bits per heavy atom. The van der Waals surface area contributed by atoms with E-state index in [2.05, 4.69) is 15.3 Å². The zero-order chi connectivity index (χ0) is 21.1. The van der Waals surface area contributed by atoms with E-state index in [9.17, 15) is 14.4 Å². The Balaban J connectivity index is 1.26. The fraction of sp³-hybridized carbons (Fsp3) is 0.286. The van der Waals surface area contributed by atoms with Crippen molar-refractivity contribution in [3.05, 3.63) is 54.5 Å². The average molecular weight is 406 g/mol. The predicted octanol–water partition coefficient (Wildman–Crippen LogP) is 1.71. The summed E-state index contributed by atoms with van der Waals surface area (Å²) in [4.78, 5) is 47.0. The van der Waals surface area contributed by atoms with E-state index in [1.165, 1.54) is 9.80 Å². The summed E-state index contributed by atoms with van der Waals surface area (Å²) >= 11 is 0. The predicted molar refractivity (Wildman–Crippen MR) is 110 cm³/mol. The average Bonchev–Trinajstić information content (AvgIpc) is 3.28. The highest BCUT2D eigenvalue weighted by Gasteiger charge is 2.32. The van der Waals surface area contributed by atoms with Crippen molar-refractivity contribution in [2.24, 2.45) is 0 Å². The van der Waals surface area contributed by atoms with Gasteiger partial charge in [0, 0.05) is 32.8 Å². The molecule has 9 heteroatoms. The summed E-state index contributed by atoms with van der Waals surface area (Å²) in [7, 11) is 1.58. The Morgan fingerprint density at radius 1 is 1.13 bits per heavy atom. The normalized spacial score (nSPS) is 14.0. The third-order valence-electron chi connectivity index (χ3n) is 5.02. The van der Waals surface area contributed by atoms with Crippen molar-refractivity contribution in [1.82, 2.24) is 29.7 Å². The van der Waals surface area contributed by atoms with E-state index in [1.807, 2.05) is 41.0 Å². The van der Waals surface area contributed by atoms with Crippen molar-refractivity contribution < 1.29 is 14.4 Å². The number of hydrogen-bond acceptors (Lipinski definition) is 5. The minimum Gasteiger partial charge on any atom is -0.352 e. The zero-order valence-electron chi connectivity index (χ0n) is 16.6. The maximum atomic E-state index is 12.1. The number of imide groups is 1. The van der Waals surface area contributed by atoms with Gasteiger partial charge in [-0.1, -0.05) is 18.2 Å². The number of carbonyl (C=O) groups excluding carboxylic acids is 3. The first-order valence-electron chi connectivity index (χ1n) is 9.72.